The highest BCUT2D eigenvalue weighted by Gasteiger charge is 2.12. The summed E-state index contributed by atoms with van der Waals surface area (Å²) in [7, 11) is 0. The molecule has 0 saturated heterocycles. The molecule has 6 nitrogen and oxygen atoms in total. The monoisotopic (exact) mass is 382 g/mol. The number of carbonyl (C=O) groups is 1. The molecular weight excluding hydrogens is 372 g/mol. The van der Waals surface area contributed by atoms with E-state index in [1.165, 1.54) is 0 Å². The number of H-pyrrole nitrogens is 1. The zero-order valence-corrected chi connectivity index (χ0v) is 13.9. The van der Waals surface area contributed by atoms with Crippen molar-refractivity contribution >= 4 is 38.6 Å². The molecule has 0 aliphatic carbocycles. The first-order valence-corrected chi connectivity index (χ1v) is 7.95. The van der Waals surface area contributed by atoms with Gasteiger partial charge in [-0.3, -0.25) is 9.78 Å². The van der Waals surface area contributed by atoms with Crippen LogP contribution in [0.5, 0.6) is 0 Å². The van der Waals surface area contributed by atoms with E-state index in [0.29, 0.717) is 10.4 Å². The molecule has 0 aliphatic heterocycles. The lowest BCUT2D eigenvalue weighted by Crippen LogP contribution is -2.10. The Morgan fingerprint density at radius 1 is 1.12 bits per heavy atom. The van der Waals surface area contributed by atoms with Crippen LogP contribution in [0.4, 0.5) is 5.69 Å². The van der Waals surface area contributed by atoms with E-state index >= 15 is 0 Å². The van der Waals surface area contributed by atoms with Gasteiger partial charge in [-0.2, -0.15) is 0 Å². The molecule has 0 bridgehead atoms. The fraction of sp³-hybridized carbons (Fsp3) is 0. The zero-order chi connectivity index (χ0) is 16.5. The third-order valence-electron chi connectivity index (χ3n) is 3.49. The Hall–Kier alpha value is -2.93. The first-order valence-electron chi connectivity index (χ1n) is 7.16. The Morgan fingerprint density at radius 3 is 2.71 bits per heavy atom. The number of benzene rings is 1. The van der Waals surface area contributed by atoms with Crippen molar-refractivity contribution in [2.75, 3.05) is 5.32 Å². The zero-order valence-electron chi connectivity index (χ0n) is 12.3. The van der Waals surface area contributed by atoms with Crippen molar-refractivity contribution in [3.05, 3.63) is 65.3 Å². The average molecular weight is 383 g/mol. The predicted molar refractivity (Wildman–Crippen MR) is 93.7 cm³/mol. The quantitative estimate of drug-likeness (QED) is 0.555. The molecule has 3 aromatic heterocycles. The number of halogens is 1. The molecule has 0 fully saturated rings. The Morgan fingerprint density at radius 2 is 1.96 bits per heavy atom. The van der Waals surface area contributed by atoms with E-state index in [9.17, 15) is 4.79 Å². The summed E-state index contributed by atoms with van der Waals surface area (Å²) in [4.78, 5) is 23.9. The summed E-state index contributed by atoms with van der Waals surface area (Å²) in [5, 5.41) is 2.80. The minimum absolute atomic E-state index is 0.240. The maximum Gasteiger partial charge on any atom is 0.291 e. The van der Waals surface area contributed by atoms with Gasteiger partial charge in [0.2, 0.25) is 0 Å². The number of hydrogen-bond donors (Lipinski definition) is 2. The maximum atomic E-state index is 12.1. The fourth-order valence-electron chi connectivity index (χ4n) is 2.36. The van der Waals surface area contributed by atoms with E-state index in [1.54, 1.807) is 30.6 Å². The standard InChI is InChI=1S/C17H11BrN4O2/c18-15-4-3-14(24-15)17(23)20-11-1-2-12-13(9-11)22-16(21-12)10-5-7-19-8-6-10/h1-9H,(H,20,23)(H,21,22). The topological polar surface area (TPSA) is 83.8 Å². The lowest BCUT2D eigenvalue weighted by Gasteiger charge is -2.02. The van der Waals surface area contributed by atoms with Crippen LogP contribution in [0.1, 0.15) is 10.6 Å². The Kier molecular flexibility index (Phi) is 3.62. The Bertz CT molecular complexity index is 1020. The van der Waals surface area contributed by atoms with Crippen molar-refractivity contribution < 1.29 is 9.21 Å². The number of amides is 1. The molecule has 0 unspecified atom stereocenters. The highest BCUT2D eigenvalue weighted by molar-refractivity contribution is 9.10. The molecule has 118 valence electrons. The second-order valence-electron chi connectivity index (χ2n) is 5.11. The molecule has 0 atom stereocenters. The maximum absolute atomic E-state index is 12.1. The number of fused-ring (bicyclic) bond motifs is 1. The van der Waals surface area contributed by atoms with E-state index in [4.69, 9.17) is 4.42 Å². The van der Waals surface area contributed by atoms with Gasteiger partial charge in [0.15, 0.2) is 10.4 Å². The summed E-state index contributed by atoms with van der Waals surface area (Å²) >= 11 is 3.18. The van der Waals surface area contributed by atoms with Crippen molar-refractivity contribution in [1.29, 1.82) is 0 Å². The summed E-state index contributed by atoms with van der Waals surface area (Å²) in [5.41, 5.74) is 3.26. The van der Waals surface area contributed by atoms with Crippen LogP contribution in [0, 0.1) is 0 Å². The SMILES string of the molecule is O=C(Nc1ccc2nc(-c3ccncc3)[nH]c2c1)c1ccc(Br)o1. The van der Waals surface area contributed by atoms with Gasteiger partial charge in [-0.15, -0.1) is 0 Å². The molecule has 0 aliphatic rings. The Balaban J connectivity index is 1.62. The normalized spacial score (nSPS) is 10.9. The average Bonchev–Trinajstić information content (AvgIpc) is 3.21. The smallest absolute Gasteiger partial charge is 0.291 e. The highest BCUT2D eigenvalue weighted by Crippen LogP contribution is 2.23. The van der Waals surface area contributed by atoms with Crippen molar-refractivity contribution in [2.45, 2.75) is 0 Å². The predicted octanol–water partition coefficient (Wildman–Crippen LogP) is 4.23. The number of nitrogens with one attached hydrogen (secondary N) is 2. The largest absolute Gasteiger partial charge is 0.444 e. The fourth-order valence-corrected chi connectivity index (χ4v) is 2.67. The number of pyridine rings is 1. The third-order valence-corrected chi connectivity index (χ3v) is 3.92. The van der Waals surface area contributed by atoms with Gasteiger partial charge in [0.1, 0.15) is 5.82 Å². The van der Waals surface area contributed by atoms with Crippen LogP contribution in [-0.2, 0) is 0 Å². The number of imidazole rings is 1. The summed E-state index contributed by atoms with van der Waals surface area (Å²) in [6.45, 7) is 0. The molecule has 4 rings (SSSR count). The van der Waals surface area contributed by atoms with Gasteiger partial charge < -0.3 is 14.7 Å². The molecule has 7 heteroatoms. The minimum atomic E-state index is -0.311. The number of furan rings is 1. The number of aromatic amines is 1. The van der Waals surface area contributed by atoms with Crippen LogP contribution in [0.3, 0.4) is 0 Å². The van der Waals surface area contributed by atoms with Gasteiger partial charge in [0.05, 0.1) is 11.0 Å². The van der Waals surface area contributed by atoms with E-state index in [-0.39, 0.29) is 11.7 Å². The van der Waals surface area contributed by atoms with Gasteiger partial charge in [-0.25, -0.2) is 4.98 Å². The van der Waals surface area contributed by atoms with Gasteiger partial charge in [0.25, 0.3) is 5.91 Å². The molecule has 1 amide bonds. The van der Waals surface area contributed by atoms with Crippen LogP contribution in [0.15, 0.2) is 63.9 Å². The van der Waals surface area contributed by atoms with Crippen LogP contribution >= 0.6 is 15.9 Å². The number of aromatic nitrogens is 3. The molecule has 0 spiro atoms. The number of nitrogens with zero attached hydrogens (tertiary/aromatic N) is 2. The van der Waals surface area contributed by atoms with Gasteiger partial charge >= 0.3 is 0 Å². The lowest BCUT2D eigenvalue weighted by atomic mass is 10.2. The van der Waals surface area contributed by atoms with Gasteiger partial charge in [-0.05, 0) is 58.4 Å². The third kappa shape index (κ3) is 2.81. The molecular formula is C17H11BrN4O2. The summed E-state index contributed by atoms with van der Waals surface area (Å²) in [5.74, 6) is 0.684. The van der Waals surface area contributed by atoms with E-state index in [2.05, 4.69) is 36.2 Å². The second kappa shape index (κ2) is 5.93. The van der Waals surface area contributed by atoms with E-state index in [1.807, 2.05) is 24.3 Å². The molecule has 4 aromatic rings. The van der Waals surface area contributed by atoms with Crippen LogP contribution in [0.2, 0.25) is 0 Å². The van der Waals surface area contributed by atoms with Gasteiger partial charge in [-0.1, -0.05) is 0 Å². The Labute approximate surface area is 145 Å². The minimum Gasteiger partial charge on any atom is -0.444 e. The molecule has 0 radical (unpaired) electrons. The van der Waals surface area contributed by atoms with Gasteiger partial charge in [0, 0.05) is 23.6 Å². The van der Waals surface area contributed by atoms with Crippen LogP contribution < -0.4 is 5.32 Å². The van der Waals surface area contributed by atoms with E-state index < -0.39 is 0 Å². The van der Waals surface area contributed by atoms with Crippen molar-refractivity contribution in [3.63, 3.8) is 0 Å². The van der Waals surface area contributed by atoms with Crippen molar-refractivity contribution in [3.8, 4) is 11.4 Å². The highest BCUT2D eigenvalue weighted by atomic mass is 79.9. The molecule has 3 heterocycles. The van der Waals surface area contributed by atoms with Crippen LogP contribution in [-0.4, -0.2) is 20.9 Å². The van der Waals surface area contributed by atoms with Crippen molar-refractivity contribution in [1.82, 2.24) is 15.0 Å². The molecule has 2 N–H and O–H groups in total. The first kappa shape index (κ1) is 14.6. The second-order valence-corrected chi connectivity index (χ2v) is 5.89. The summed E-state index contributed by atoms with van der Waals surface area (Å²) in [6.07, 6.45) is 3.44. The van der Waals surface area contributed by atoms with Crippen LogP contribution in [0.25, 0.3) is 22.4 Å². The summed E-state index contributed by atoms with van der Waals surface area (Å²) < 4.78 is 5.76. The number of anilines is 1. The molecule has 24 heavy (non-hydrogen) atoms. The molecule has 0 saturated carbocycles. The number of hydrogen-bond acceptors (Lipinski definition) is 4. The number of carbonyl (C=O) groups excluding carboxylic acids is 1. The number of rotatable bonds is 3. The van der Waals surface area contributed by atoms with Crippen molar-refractivity contribution in [2.24, 2.45) is 0 Å². The lowest BCUT2D eigenvalue weighted by molar-refractivity contribution is 0.0995. The first-order chi connectivity index (χ1) is 11.7. The molecule has 1 aromatic carbocycles. The van der Waals surface area contributed by atoms with E-state index in [0.717, 1.165) is 22.4 Å². The summed E-state index contributed by atoms with van der Waals surface area (Å²) in [6, 6.07) is 12.5.